The highest BCUT2D eigenvalue weighted by Gasteiger charge is 2.29. The highest BCUT2D eigenvalue weighted by molar-refractivity contribution is 14.0. The Kier molecular flexibility index (Phi) is 7.25. The van der Waals surface area contributed by atoms with Crippen LogP contribution in [-0.4, -0.2) is 47.3 Å². The van der Waals surface area contributed by atoms with Gasteiger partial charge < -0.3 is 10.2 Å². The van der Waals surface area contributed by atoms with Gasteiger partial charge in [0.15, 0.2) is 5.96 Å². The van der Waals surface area contributed by atoms with E-state index in [4.69, 9.17) is 0 Å². The number of aromatic nitrogens is 2. The molecule has 5 nitrogen and oxygen atoms in total. The summed E-state index contributed by atoms with van der Waals surface area (Å²) in [7, 11) is 3.75. The number of nitrogens with one attached hydrogen (secondary N) is 1. The Labute approximate surface area is 178 Å². The fourth-order valence-corrected chi connectivity index (χ4v) is 3.61. The zero-order chi connectivity index (χ0) is 18.7. The summed E-state index contributed by atoms with van der Waals surface area (Å²) in [6, 6.07) is 6.98. The number of likely N-dealkylation sites (tertiary alicyclic amines) is 1. The first kappa shape index (κ1) is 21.7. The highest BCUT2D eigenvalue weighted by atomic mass is 127. The minimum atomic E-state index is -0.330. The molecule has 1 atom stereocenters. The van der Waals surface area contributed by atoms with Crippen molar-refractivity contribution >= 4 is 29.9 Å². The van der Waals surface area contributed by atoms with Gasteiger partial charge in [-0.3, -0.25) is 9.67 Å². The molecule has 7 heteroatoms. The fraction of sp³-hybridized carbons (Fsp3) is 0.500. The predicted octanol–water partition coefficient (Wildman–Crippen LogP) is 3.52. The second-order valence-electron chi connectivity index (χ2n) is 7.64. The Bertz CT molecular complexity index is 786. The summed E-state index contributed by atoms with van der Waals surface area (Å²) in [4.78, 5) is 6.71. The van der Waals surface area contributed by atoms with Crippen molar-refractivity contribution in [3.8, 4) is 0 Å². The molecule has 1 aromatic carbocycles. The quantitative estimate of drug-likeness (QED) is 0.410. The first-order valence-electron chi connectivity index (χ1n) is 9.10. The first-order chi connectivity index (χ1) is 12.4. The van der Waals surface area contributed by atoms with Crippen LogP contribution in [-0.2, 0) is 12.5 Å². The first-order valence-corrected chi connectivity index (χ1v) is 9.10. The van der Waals surface area contributed by atoms with Crippen molar-refractivity contribution < 1.29 is 4.39 Å². The Morgan fingerprint density at radius 3 is 2.74 bits per heavy atom. The number of hydrogen-bond acceptors (Lipinski definition) is 2. The van der Waals surface area contributed by atoms with Crippen LogP contribution in [0.15, 0.2) is 41.7 Å². The van der Waals surface area contributed by atoms with Gasteiger partial charge in [-0.1, -0.05) is 32.0 Å². The molecule has 1 unspecified atom stereocenters. The summed E-state index contributed by atoms with van der Waals surface area (Å²) < 4.78 is 16.0. The van der Waals surface area contributed by atoms with E-state index in [-0.39, 0.29) is 35.2 Å². The van der Waals surface area contributed by atoms with E-state index >= 15 is 0 Å². The lowest BCUT2D eigenvalue weighted by Crippen LogP contribution is -2.45. The van der Waals surface area contributed by atoms with Crippen LogP contribution in [0.4, 0.5) is 4.39 Å². The third kappa shape index (κ3) is 5.00. The fourth-order valence-electron chi connectivity index (χ4n) is 3.61. The van der Waals surface area contributed by atoms with E-state index in [0.29, 0.717) is 12.5 Å². The topological polar surface area (TPSA) is 45.5 Å². The number of aryl methyl sites for hydroxylation is 1. The zero-order valence-electron chi connectivity index (χ0n) is 16.4. The van der Waals surface area contributed by atoms with Gasteiger partial charge in [-0.15, -0.1) is 24.0 Å². The van der Waals surface area contributed by atoms with E-state index in [9.17, 15) is 4.39 Å². The van der Waals surface area contributed by atoms with Crippen molar-refractivity contribution in [2.45, 2.75) is 31.6 Å². The van der Waals surface area contributed by atoms with Crippen LogP contribution in [0.3, 0.4) is 0 Å². The van der Waals surface area contributed by atoms with Gasteiger partial charge in [-0.25, -0.2) is 4.39 Å². The van der Waals surface area contributed by atoms with Crippen LogP contribution < -0.4 is 5.32 Å². The van der Waals surface area contributed by atoms with E-state index < -0.39 is 0 Å². The summed E-state index contributed by atoms with van der Waals surface area (Å²) in [6.45, 7) is 6.60. The molecule has 1 fully saturated rings. The summed E-state index contributed by atoms with van der Waals surface area (Å²) in [6.07, 6.45) is 5.13. The molecule has 148 valence electrons. The van der Waals surface area contributed by atoms with E-state index in [1.54, 1.807) is 13.1 Å². The smallest absolute Gasteiger partial charge is 0.193 e. The Balaban J connectivity index is 0.00000261. The maximum absolute atomic E-state index is 14.2. The van der Waals surface area contributed by atoms with Gasteiger partial charge in [-0.2, -0.15) is 5.10 Å². The van der Waals surface area contributed by atoms with Crippen LogP contribution in [0.2, 0.25) is 0 Å². The molecular formula is C20H29FIN5. The van der Waals surface area contributed by atoms with Crippen molar-refractivity contribution in [1.29, 1.82) is 0 Å². The molecule has 0 aliphatic carbocycles. The van der Waals surface area contributed by atoms with Crippen LogP contribution in [0.25, 0.3) is 0 Å². The zero-order valence-corrected chi connectivity index (χ0v) is 18.8. The van der Waals surface area contributed by atoms with Crippen molar-refractivity contribution in [2.75, 3.05) is 26.7 Å². The number of hydrogen-bond donors (Lipinski definition) is 1. The summed E-state index contributed by atoms with van der Waals surface area (Å²) in [5.74, 6) is 1.19. The molecule has 0 amide bonds. The van der Waals surface area contributed by atoms with Gasteiger partial charge in [0.05, 0.1) is 6.20 Å². The van der Waals surface area contributed by atoms with E-state index in [2.05, 4.69) is 26.5 Å². The molecule has 0 bridgehead atoms. The average Bonchev–Trinajstić information content (AvgIpc) is 3.25. The number of aliphatic imine (C=N–C) groups is 1. The lowest BCUT2D eigenvalue weighted by atomic mass is 9.84. The molecule has 1 aliphatic rings. The standard InChI is InChI=1S/C20H28FN5.HI/c1-20(2,17-7-5-6-8-18(17)21)14-23-19(22-3)26-10-9-15(13-26)16-11-24-25(4)12-16;/h5-8,11-12,15H,9-10,13-14H2,1-4H3,(H,22,23);1H. The summed E-state index contributed by atoms with van der Waals surface area (Å²) in [5.41, 5.74) is 1.67. The molecule has 0 spiro atoms. The molecule has 27 heavy (non-hydrogen) atoms. The van der Waals surface area contributed by atoms with Crippen LogP contribution in [0, 0.1) is 5.82 Å². The van der Waals surface area contributed by atoms with Crippen LogP contribution >= 0.6 is 24.0 Å². The Morgan fingerprint density at radius 1 is 1.37 bits per heavy atom. The minimum Gasteiger partial charge on any atom is -0.355 e. The SMILES string of the molecule is CN=C(NCC(C)(C)c1ccccc1F)N1CCC(c2cnn(C)c2)C1.I. The van der Waals surface area contributed by atoms with Gasteiger partial charge in [0.1, 0.15) is 5.82 Å². The molecule has 3 rings (SSSR count). The molecular weight excluding hydrogens is 456 g/mol. The van der Waals surface area contributed by atoms with Gasteiger partial charge in [0.25, 0.3) is 0 Å². The molecule has 1 N–H and O–H groups in total. The van der Waals surface area contributed by atoms with Crippen molar-refractivity contribution in [2.24, 2.45) is 12.0 Å². The molecule has 1 saturated heterocycles. The molecule has 0 radical (unpaired) electrons. The summed E-state index contributed by atoms with van der Waals surface area (Å²) in [5, 5.41) is 7.72. The van der Waals surface area contributed by atoms with Crippen molar-refractivity contribution in [3.63, 3.8) is 0 Å². The predicted molar refractivity (Wildman–Crippen MR) is 118 cm³/mol. The monoisotopic (exact) mass is 485 g/mol. The normalized spacial score (nSPS) is 17.7. The third-order valence-corrected chi connectivity index (χ3v) is 5.19. The summed E-state index contributed by atoms with van der Waals surface area (Å²) >= 11 is 0. The maximum Gasteiger partial charge on any atom is 0.193 e. The third-order valence-electron chi connectivity index (χ3n) is 5.19. The lowest BCUT2D eigenvalue weighted by molar-refractivity contribution is 0.442. The lowest BCUT2D eigenvalue weighted by Gasteiger charge is -2.29. The number of halogens is 2. The molecule has 1 aromatic heterocycles. The van der Waals surface area contributed by atoms with Gasteiger partial charge >= 0.3 is 0 Å². The highest BCUT2D eigenvalue weighted by Crippen LogP contribution is 2.28. The van der Waals surface area contributed by atoms with E-state index in [1.165, 1.54) is 11.6 Å². The van der Waals surface area contributed by atoms with Gasteiger partial charge in [0, 0.05) is 51.3 Å². The average molecular weight is 485 g/mol. The van der Waals surface area contributed by atoms with Gasteiger partial charge in [0.2, 0.25) is 0 Å². The van der Waals surface area contributed by atoms with Crippen LogP contribution in [0.1, 0.15) is 37.3 Å². The molecule has 0 saturated carbocycles. The Morgan fingerprint density at radius 2 is 2.11 bits per heavy atom. The second kappa shape index (κ2) is 9.03. The number of rotatable bonds is 4. The van der Waals surface area contributed by atoms with Crippen LogP contribution in [0.5, 0.6) is 0 Å². The number of guanidine groups is 1. The molecule has 2 heterocycles. The molecule has 2 aromatic rings. The van der Waals surface area contributed by atoms with Crippen molar-refractivity contribution in [3.05, 3.63) is 53.6 Å². The minimum absolute atomic E-state index is 0. The van der Waals surface area contributed by atoms with Gasteiger partial charge in [-0.05, 0) is 23.6 Å². The second-order valence-corrected chi connectivity index (χ2v) is 7.64. The van der Waals surface area contributed by atoms with Crippen molar-refractivity contribution in [1.82, 2.24) is 20.0 Å². The van der Waals surface area contributed by atoms with E-state index in [1.807, 2.05) is 43.9 Å². The molecule has 1 aliphatic heterocycles. The largest absolute Gasteiger partial charge is 0.355 e. The maximum atomic E-state index is 14.2. The number of benzene rings is 1. The Hall–Kier alpha value is -1.64. The number of nitrogens with zero attached hydrogens (tertiary/aromatic N) is 4. The van der Waals surface area contributed by atoms with E-state index in [0.717, 1.165) is 31.0 Å².